The molecule has 0 heterocycles. The second-order valence-corrected chi connectivity index (χ2v) is 2.19. The van der Waals surface area contributed by atoms with Gasteiger partial charge in [0.05, 0.1) is 13.2 Å². The van der Waals surface area contributed by atoms with Crippen LogP contribution in [0.2, 0.25) is 0 Å². The first-order valence-corrected chi connectivity index (χ1v) is 4.96. The van der Waals surface area contributed by atoms with E-state index in [9.17, 15) is 4.57 Å². The van der Waals surface area contributed by atoms with Crippen molar-refractivity contribution < 1.29 is 13.6 Å². The Kier molecular flexibility index (Phi) is 15.9. The van der Waals surface area contributed by atoms with Gasteiger partial charge in [-0.1, -0.05) is 0 Å². The SMILES string of the molecule is CCO[PH](=O)OCC.CCl. The van der Waals surface area contributed by atoms with E-state index in [1.165, 1.54) is 6.38 Å². The molecule has 0 atom stereocenters. The molecule has 0 aromatic heterocycles. The van der Waals surface area contributed by atoms with Gasteiger partial charge in [-0.15, -0.1) is 11.6 Å². The van der Waals surface area contributed by atoms with Gasteiger partial charge in [0.2, 0.25) is 0 Å². The Morgan fingerprint density at radius 2 is 1.50 bits per heavy atom. The van der Waals surface area contributed by atoms with E-state index in [1.807, 2.05) is 0 Å². The summed E-state index contributed by atoms with van der Waals surface area (Å²) in [6.07, 6.45) is 1.47. The summed E-state index contributed by atoms with van der Waals surface area (Å²) in [6, 6.07) is 0. The first kappa shape index (κ1) is 13.1. The van der Waals surface area contributed by atoms with Crippen LogP contribution in [0.1, 0.15) is 13.8 Å². The Balaban J connectivity index is 0. The zero-order valence-electron chi connectivity index (χ0n) is 6.52. The van der Waals surface area contributed by atoms with Crippen molar-refractivity contribution in [2.75, 3.05) is 19.6 Å². The van der Waals surface area contributed by atoms with Gasteiger partial charge < -0.3 is 9.05 Å². The minimum absolute atomic E-state index is 0.456. The topological polar surface area (TPSA) is 35.5 Å². The lowest BCUT2D eigenvalue weighted by molar-refractivity contribution is 0.243. The molecule has 0 bridgehead atoms. The third-order valence-corrected chi connectivity index (χ3v) is 1.57. The molecule has 0 saturated carbocycles. The second-order valence-electron chi connectivity index (χ2n) is 1.12. The van der Waals surface area contributed by atoms with Crippen molar-refractivity contribution in [2.45, 2.75) is 13.8 Å². The molecule has 0 amide bonds. The Labute approximate surface area is 67.6 Å². The van der Waals surface area contributed by atoms with E-state index in [2.05, 4.69) is 20.6 Å². The molecular formula is C5H14ClO3P. The lowest BCUT2D eigenvalue weighted by Crippen LogP contribution is -1.81. The molecule has 0 N–H and O–H groups in total. The van der Waals surface area contributed by atoms with Crippen LogP contribution in [-0.4, -0.2) is 19.6 Å². The van der Waals surface area contributed by atoms with Gasteiger partial charge in [-0.3, -0.25) is 4.57 Å². The van der Waals surface area contributed by atoms with Crippen LogP contribution in [0, 0.1) is 0 Å². The van der Waals surface area contributed by atoms with Gasteiger partial charge in [0.1, 0.15) is 0 Å². The van der Waals surface area contributed by atoms with Gasteiger partial charge in [-0.05, 0) is 13.8 Å². The van der Waals surface area contributed by atoms with E-state index in [0.717, 1.165) is 0 Å². The van der Waals surface area contributed by atoms with Gasteiger partial charge in [-0.2, -0.15) is 0 Å². The summed E-state index contributed by atoms with van der Waals surface area (Å²) in [7, 11) is -2.14. The summed E-state index contributed by atoms with van der Waals surface area (Å²) in [4.78, 5) is 0. The van der Waals surface area contributed by atoms with Gasteiger partial charge in [0, 0.05) is 6.38 Å². The van der Waals surface area contributed by atoms with E-state index in [-0.39, 0.29) is 0 Å². The summed E-state index contributed by atoms with van der Waals surface area (Å²) in [5, 5.41) is 0. The monoisotopic (exact) mass is 188 g/mol. The minimum atomic E-state index is -2.14. The molecule has 64 valence electrons. The third kappa shape index (κ3) is 11.3. The highest BCUT2D eigenvalue weighted by molar-refractivity contribution is 7.33. The summed E-state index contributed by atoms with van der Waals surface area (Å²) >= 11 is 4.64. The number of rotatable bonds is 4. The number of halogens is 1. The molecule has 0 radical (unpaired) electrons. The maximum atomic E-state index is 10.4. The molecule has 0 aliphatic heterocycles. The average molecular weight is 189 g/mol. The first-order chi connectivity index (χ1) is 4.81. The highest BCUT2D eigenvalue weighted by atomic mass is 35.5. The van der Waals surface area contributed by atoms with Crippen molar-refractivity contribution in [3.8, 4) is 0 Å². The van der Waals surface area contributed by atoms with Crippen molar-refractivity contribution in [3.63, 3.8) is 0 Å². The summed E-state index contributed by atoms with van der Waals surface area (Å²) < 4.78 is 19.6. The molecule has 0 spiro atoms. The molecular weight excluding hydrogens is 174 g/mol. The lowest BCUT2D eigenvalue weighted by atomic mass is 10.9. The number of hydrogen-bond acceptors (Lipinski definition) is 3. The van der Waals surface area contributed by atoms with Crippen LogP contribution in [0.3, 0.4) is 0 Å². The lowest BCUT2D eigenvalue weighted by Gasteiger charge is -1.97. The fourth-order valence-corrected chi connectivity index (χ4v) is 0.832. The molecule has 0 aromatic carbocycles. The van der Waals surface area contributed by atoms with Crippen molar-refractivity contribution in [3.05, 3.63) is 0 Å². The molecule has 0 aromatic rings. The highest BCUT2D eigenvalue weighted by Gasteiger charge is 1.91. The van der Waals surface area contributed by atoms with E-state index in [0.29, 0.717) is 13.2 Å². The zero-order chi connectivity index (χ0) is 8.41. The van der Waals surface area contributed by atoms with Gasteiger partial charge >= 0.3 is 8.25 Å². The van der Waals surface area contributed by atoms with E-state index >= 15 is 0 Å². The molecule has 0 aliphatic carbocycles. The third-order valence-electron chi connectivity index (χ3n) is 0.524. The smallest absolute Gasteiger partial charge is 0.311 e. The van der Waals surface area contributed by atoms with Crippen molar-refractivity contribution in [1.29, 1.82) is 0 Å². The van der Waals surface area contributed by atoms with Gasteiger partial charge in [0.15, 0.2) is 0 Å². The van der Waals surface area contributed by atoms with Crippen LogP contribution < -0.4 is 0 Å². The molecule has 0 unspecified atom stereocenters. The molecule has 0 rings (SSSR count). The fourth-order valence-electron chi connectivity index (χ4n) is 0.277. The summed E-state index contributed by atoms with van der Waals surface area (Å²) in [5.74, 6) is 0. The number of hydrogen-bond donors (Lipinski definition) is 0. The molecule has 0 aliphatic rings. The quantitative estimate of drug-likeness (QED) is 0.502. The predicted octanol–water partition coefficient (Wildman–Crippen LogP) is 2.30. The second kappa shape index (κ2) is 12.1. The Bertz CT molecular complexity index is 71.3. The van der Waals surface area contributed by atoms with Crippen LogP contribution in [0.5, 0.6) is 0 Å². The predicted molar refractivity (Wildman–Crippen MR) is 44.0 cm³/mol. The van der Waals surface area contributed by atoms with E-state index < -0.39 is 8.25 Å². The molecule has 0 saturated heterocycles. The highest BCUT2D eigenvalue weighted by Crippen LogP contribution is 2.21. The molecule has 0 fully saturated rings. The molecule has 10 heavy (non-hydrogen) atoms. The Morgan fingerprint density at radius 3 is 1.70 bits per heavy atom. The summed E-state index contributed by atoms with van der Waals surface area (Å²) in [6.45, 7) is 4.47. The maximum absolute atomic E-state index is 10.4. The fraction of sp³-hybridized carbons (Fsp3) is 1.00. The van der Waals surface area contributed by atoms with Crippen molar-refractivity contribution in [2.24, 2.45) is 0 Å². The van der Waals surface area contributed by atoms with Crippen LogP contribution in [0.4, 0.5) is 0 Å². The minimum Gasteiger partial charge on any atom is -0.311 e. The first-order valence-electron chi connectivity index (χ1n) is 2.98. The zero-order valence-corrected chi connectivity index (χ0v) is 8.27. The Morgan fingerprint density at radius 1 is 1.20 bits per heavy atom. The van der Waals surface area contributed by atoms with E-state index in [4.69, 9.17) is 0 Å². The molecule has 5 heteroatoms. The van der Waals surface area contributed by atoms with Crippen LogP contribution in [0.25, 0.3) is 0 Å². The average Bonchev–Trinajstić information content (AvgIpc) is 1.93. The molecule has 3 nitrogen and oxygen atoms in total. The maximum Gasteiger partial charge on any atom is 0.319 e. The van der Waals surface area contributed by atoms with Gasteiger partial charge in [-0.25, -0.2) is 0 Å². The van der Waals surface area contributed by atoms with Crippen LogP contribution in [-0.2, 0) is 13.6 Å². The largest absolute Gasteiger partial charge is 0.319 e. The Hall–Kier alpha value is 0.440. The van der Waals surface area contributed by atoms with Gasteiger partial charge in [0.25, 0.3) is 0 Å². The number of alkyl halides is 1. The van der Waals surface area contributed by atoms with Crippen molar-refractivity contribution in [1.82, 2.24) is 0 Å². The standard InChI is InChI=1S/C4H11O3P.CH3Cl/c1-3-6-8(5)7-4-2;1-2/h8H,3-4H2,1-2H3;1H3. The van der Waals surface area contributed by atoms with Crippen LogP contribution in [0.15, 0.2) is 0 Å². The summed E-state index contributed by atoms with van der Waals surface area (Å²) in [5.41, 5.74) is 0. The van der Waals surface area contributed by atoms with Crippen molar-refractivity contribution >= 4 is 19.9 Å². The van der Waals surface area contributed by atoms with E-state index in [1.54, 1.807) is 13.8 Å². The normalized spacial score (nSPS) is 8.90. The van der Waals surface area contributed by atoms with Crippen LogP contribution >= 0.6 is 19.9 Å².